The molecule has 2 rings (SSSR count). The Morgan fingerprint density at radius 3 is 2.67 bits per heavy atom. The minimum atomic E-state index is -0.925. The van der Waals surface area contributed by atoms with Gasteiger partial charge >= 0.3 is 5.97 Å². The van der Waals surface area contributed by atoms with Gasteiger partial charge in [0.2, 0.25) is 0 Å². The number of carboxylic acids is 1. The highest BCUT2D eigenvalue weighted by atomic mass is 16.4. The molecule has 4 heteroatoms. The summed E-state index contributed by atoms with van der Waals surface area (Å²) in [6.45, 7) is 2.84. The van der Waals surface area contributed by atoms with Crippen LogP contribution >= 0.6 is 0 Å². The number of hydrogen-bond donors (Lipinski definition) is 2. The highest BCUT2D eigenvalue weighted by molar-refractivity contribution is 5.96. The number of rotatable bonds is 5. The molecule has 1 aromatic rings. The molecule has 0 bridgehead atoms. The molecule has 0 spiro atoms. The van der Waals surface area contributed by atoms with Gasteiger partial charge < -0.3 is 10.4 Å². The summed E-state index contributed by atoms with van der Waals surface area (Å²) in [5.41, 5.74) is 1.03. The maximum Gasteiger partial charge on any atom is 0.307 e. The number of hydrogen-bond acceptors (Lipinski definition) is 2. The molecule has 1 aliphatic carbocycles. The fourth-order valence-corrected chi connectivity index (χ4v) is 2.06. The number of carbonyl (C=O) groups is 2. The molecule has 1 amide bonds. The van der Waals surface area contributed by atoms with Crippen LogP contribution in [0, 0.1) is 11.8 Å². The molecule has 2 unspecified atom stereocenters. The van der Waals surface area contributed by atoms with Gasteiger partial charge in [-0.1, -0.05) is 25.1 Å². The van der Waals surface area contributed by atoms with E-state index in [4.69, 9.17) is 5.11 Å². The second-order valence-corrected chi connectivity index (χ2v) is 4.91. The van der Waals surface area contributed by atoms with Crippen molar-refractivity contribution < 1.29 is 14.7 Å². The van der Waals surface area contributed by atoms with Gasteiger partial charge in [-0.05, 0) is 29.9 Å². The van der Waals surface area contributed by atoms with Crippen LogP contribution in [0.25, 0.3) is 0 Å². The van der Waals surface area contributed by atoms with E-state index in [0.29, 0.717) is 29.5 Å². The summed E-state index contributed by atoms with van der Waals surface area (Å²) in [6, 6.07) is 6.85. The standard InChI is InChI=1S/C14H17NO3/c1-9-6-11(9)8-15-14(18)12-5-3-2-4-10(12)7-13(16)17/h2-5,9,11H,6-8H2,1H3,(H,15,18)(H,16,17). The molecule has 1 saturated carbocycles. The Bertz CT molecular complexity index is 470. The molecule has 0 radical (unpaired) electrons. The van der Waals surface area contributed by atoms with Crippen molar-refractivity contribution in [3.63, 3.8) is 0 Å². The van der Waals surface area contributed by atoms with E-state index >= 15 is 0 Å². The van der Waals surface area contributed by atoms with Crippen LogP contribution in [0.4, 0.5) is 0 Å². The maximum absolute atomic E-state index is 12.0. The van der Waals surface area contributed by atoms with E-state index in [0.717, 1.165) is 6.42 Å². The van der Waals surface area contributed by atoms with Gasteiger partial charge in [-0.15, -0.1) is 0 Å². The Morgan fingerprint density at radius 1 is 1.39 bits per heavy atom. The Labute approximate surface area is 106 Å². The highest BCUT2D eigenvalue weighted by Gasteiger charge is 2.32. The van der Waals surface area contributed by atoms with Gasteiger partial charge in [-0.25, -0.2) is 0 Å². The zero-order valence-electron chi connectivity index (χ0n) is 10.3. The van der Waals surface area contributed by atoms with Crippen molar-refractivity contribution in [2.75, 3.05) is 6.54 Å². The fourth-order valence-electron chi connectivity index (χ4n) is 2.06. The molecular weight excluding hydrogens is 230 g/mol. The first kappa shape index (κ1) is 12.6. The summed E-state index contributed by atoms with van der Waals surface area (Å²) in [6.07, 6.45) is 1.04. The smallest absolute Gasteiger partial charge is 0.307 e. The molecule has 18 heavy (non-hydrogen) atoms. The average molecular weight is 247 g/mol. The number of carboxylic acid groups (broad SMARTS) is 1. The third-order valence-electron chi connectivity index (χ3n) is 3.40. The quantitative estimate of drug-likeness (QED) is 0.832. The summed E-state index contributed by atoms with van der Waals surface area (Å²) in [7, 11) is 0. The zero-order chi connectivity index (χ0) is 13.1. The van der Waals surface area contributed by atoms with Gasteiger partial charge in [0.1, 0.15) is 0 Å². The SMILES string of the molecule is CC1CC1CNC(=O)c1ccccc1CC(=O)O. The second kappa shape index (κ2) is 5.21. The molecule has 1 aromatic carbocycles. The van der Waals surface area contributed by atoms with Gasteiger partial charge in [0.05, 0.1) is 6.42 Å². The Hall–Kier alpha value is -1.84. The molecule has 0 heterocycles. The van der Waals surface area contributed by atoms with Gasteiger partial charge in [0.25, 0.3) is 5.91 Å². The van der Waals surface area contributed by atoms with Crippen molar-refractivity contribution in [2.24, 2.45) is 11.8 Å². The van der Waals surface area contributed by atoms with Crippen LogP contribution in [0.5, 0.6) is 0 Å². The molecule has 2 N–H and O–H groups in total. The number of aliphatic carboxylic acids is 1. The number of benzene rings is 1. The topological polar surface area (TPSA) is 66.4 Å². The summed E-state index contributed by atoms with van der Waals surface area (Å²) in [5.74, 6) is 0.178. The zero-order valence-corrected chi connectivity index (χ0v) is 10.3. The summed E-state index contributed by atoms with van der Waals surface area (Å²) in [4.78, 5) is 22.7. The summed E-state index contributed by atoms with van der Waals surface area (Å²) >= 11 is 0. The molecule has 0 aromatic heterocycles. The van der Waals surface area contributed by atoms with Gasteiger partial charge in [0.15, 0.2) is 0 Å². The molecular formula is C14H17NO3. The van der Waals surface area contributed by atoms with E-state index in [-0.39, 0.29) is 12.3 Å². The third kappa shape index (κ3) is 3.09. The van der Waals surface area contributed by atoms with Crippen molar-refractivity contribution in [1.82, 2.24) is 5.32 Å². The normalized spacial score (nSPS) is 21.4. The van der Waals surface area contributed by atoms with Crippen LogP contribution in [0.2, 0.25) is 0 Å². The number of carbonyl (C=O) groups excluding carboxylic acids is 1. The first-order chi connectivity index (χ1) is 8.58. The monoisotopic (exact) mass is 247 g/mol. The van der Waals surface area contributed by atoms with E-state index in [1.807, 2.05) is 0 Å². The van der Waals surface area contributed by atoms with Crippen LogP contribution in [-0.4, -0.2) is 23.5 Å². The molecule has 4 nitrogen and oxygen atoms in total. The molecule has 96 valence electrons. The van der Waals surface area contributed by atoms with E-state index in [9.17, 15) is 9.59 Å². The predicted molar refractivity (Wildman–Crippen MR) is 67.4 cm³/mol. The Morgan fingerprint density at radius 2 is 2.06 bits per heavy atom. The van der Waals surface area contributed by atoms with Crippen LogP contribution in [0.15, 0.2) is 24.3 Å². The van der Waals surface area contributed by atoms with Gasteiger partial charge in [-0.2, -0.15) is 0 Å². The van der Waals surface area contributed by atoms with Crippen molar-refractivity contribution in [2.45, 2.75) is 19.8 Å². The number of amides is 1. The third-order valence-corrected chi connectivity index (χ3v) is 3.40. The van der Waals surface area contributed by atoms with Crippen LogP contribution in [-0.2, 0) is 11.2 Å². The maximum atomic E-state index is 12.0. The van der Waals surface area contributed by atoms with E-state index < -0.39 is 5.97 Å². The molecule has 0 saturated heterocycles. The average Bonchev–Trinajstić information content (AvgIpc) is 3.02. The van der Waals surface area contributed by atoms with Crippen LogP contribution in [0.1, 0.15) is 29.3 Å². The van der Waals surface area contributed by atoms with Crippen LogP contribution < -0.4 is 5.32 Å². The summed E-state index contributed by atoms with van der Waals surface area (Å²) in [5, 5.41) is 11.7. The van der Waals surface area contributed by atoms with E-state index in [2.05, 4.69) is 12.2 Å². The van der Waals surface area contributed by atoms with Crippen molar-refractivity contribution >= 4 is 11.9 Å². The molecule has 1 aliphatic rings. The molecule has 0 aliphatic heterocycles. The minimum absolute atomic E-state index is 0.122. The molecule has 1 fully saturated rings. The van der Waals surface area contributed by atoms with Gasteiger partial charge in [-0.3, -0.25) is 9.59 Å². The largest absolute Gasteiger partial charge is 0.481 e. The lowest BCUT2D eigenvalue weighted by molar-refractivity contribution is -0.136. The molecule has 2 atom stereocenters. The van der Waals surface area contributed by atoms with Crippen molar-refractivity contribution in [1.29, 1.82) is 0 Å². The van der Waals surface area contributed by atoms with E-state index in [1.165, 1.54) is 0 Å². The van der Waals surface area contributed by atoms with Crippen molar-refractivity contribution in [3.05, 3.63) is 35.4 Å². The lowest BCUT2D eigenvalue weighted by Crippen LogP contribution is -2.27. The lowest BCUT2D eigenvalue weighted by Gasteiger charge is -2.08. The first-order valence-electron chi connectivity index (χ1n) is 6.16. The second-order valence-electron chi connectivity index (χ2n) is 4.91. The van der Waals surface area contributed by atoms with Crippen LogP contribution in [0.3, 0.4) is 0 Å². The highest BCUT2D eigenvalue weighted by Crippen LogP contribution is 2.36. The minimum Gasteiger partial charge on any atom is -0.481 e. The van der Waals surface area contributed by atoms with Gasteiger partial charge in [0, 0.05) is 12.1 Å². The number of nitrogens with one attached hydrogen (secondary N) is 1. The summed E-state index contributed by atoms with van der Waals surface area (Å²) < 4.78 is 0. The first-order valence-corrected chi connectivity index (χ1v) is 6.16. The van der Waals surface area contributed by atoms with Crippen molar-refractivity contribution in [3.8, 4) is 0 Å². The Balaban J connectivity index is 2.01. The lowest BCUT2D eigenvalue weighted by atomic mass is 10.0. The van der Waals surface area contributed by atoms with E-state index in [1.54, 1.807) is 24.3 Å². The Kier molecular flexibility index (Phi) is 3.65. The predicted octanol–water partition coefficient (Wildman–Crippen LogP) is 1.70. The fraction of sp³-hybridized carbons (Fsp3) is 0.429.